The van der Waals surface area contributed by atoms with E-state index in [1.807, 2.05) is 0 Å². The highest BCUT2D eigenvalue weighted by molar-refractivity contribution is 5.86. The van der Waals surface area contributed by atoms with Gasteiger partial charge in [0.05, 0.1) is 6.26 Å². The third kappa shape index (κ3) is 2.64. The molecule has 0 aliphatic carbocycles. The van der Waals surface area contributed by atoms with E-state index in [2.05, 4.69) is 11.9 Å². The van der Waals surface area contributed by atoms with Crippen LogP contribution in [0.1, 0.15) is 29.8 Å². The van der Waals surface area contributed by atoms with Crippen LogP contribution in [0.3, 0.4) is 0 Å². The van der Waals surface area contributed by atoms with Crippen LogP contribution < -0.4 is 0 Å². The molecule has 1 aromatic rings. The van der Waals surface area contributed by atoms with E-state index in [0.29, 0.717) is 12.6 Å². The minimum atomic E-state index is -0.371. The van der Waals surface area contributed by atoms with Crippen LogP contribution >= 0.6 is 0 Å². The molecule has 0 bridgehead atoms. The number of nitrogens with zero attached hydrogens (tertiary/aromatic N) is 1. The fourth-order valence-electron chi connectivity index (χ4n) is 1.99. The number of hydrogen-bond donors (Lipinski definition) is 0. The fraction of sp³-hybridized carbons (Fsp3) is 0.583. The van der Waals surface area contributed by atoms with Crippen LogP contribution in [-0.4, -0.2) is 37.1 Å². The van der Waals surface area contributed by atoms with E-state index in [-0.39, 0.29) is 11.7 Å². The summed E-state index contributed by atoms with van der Waals surface area (Å²) in [6.07, 6.45) is 5.03. The number of ether oxygens (including phenoxy) is 1. The minimum Gasteiger partial charge on any atom is -0.458 e. The van der Waals surface area contributed by atoms with Gasteiger partial charge in [-0.3, -0.25) is 0 Å². The average Bonchev–Trinajstić information content (AvgIpc) is 2.81. The van der Waals surface area contributed by atoms with Crippen LogP contribution in [0.2, 0.25) is 0 Å². The molecule has 1 aliphatic rings. The Morgan fingerprint density at radius 1 is 1.62 bits per heavy atom. The van der Waals surface area contributed by atoms with E-state index in [9.17, 15) is 4.79 Å². The number of likely N-dealkylation sites (tertiary alicyclic amines) is 1. The molecular weight excluding hydrogens is 206 g/mol. The second-order valence-corrected chi connectivity index (χ2v) is 4.21. The second-order valence-electron chi connectivity index (χ2n) is 4.21. The van der Waals surface area contributed by atoms with Crippen LogP contribution in [0.5, 0.6) is 0 Å². The number of esters is 1. The Labute approximate surface area is 95.2 Å². The van der Waals surface area contributed by atoms with E-state index in [0.717, 1.165) is 13.0 Å². The van der Waals surface area contributed by atoms with E-state index in [4.69, 9.17) is 9.15 Å². The summed E-state index contributed by atoms with van der Waals surface area (Å²) in [4.78, 5) is 13.8. The topological polar surface area (TPSA) is 42.7 Å². The van der Waals surface area contributed by atoms with Gasteiger partial charge in [-0.2, -0.15) is 0 Å². The Morgan fingerprint density at radius 3 is 3.19 bits per heavy atom. The number of likely N-dealkylation sites (N-methyl/N-ethyl adjacent to an activating group) is 1. The van der Waals surface area contributed by atoms with Crippen LogP contribution in [0.25, 0.3) is 0 Å². The zero-order valence-electron chi connectivity index (χ0n) is 9.52. The van der Waals surface area contributed by atoms with Crippen LogP contribution in [0, 0.1) is 0 Å². The van der Waals surface area contributed by atoms with Crippen molar-refractivity contribution in [3.63, 3.8) is 0 Å². The lowest BCUT2D eigenvalue weighted by atomic mass is 10.0. The first-order valence-corrected chi connectivity index (χ1v) is 5.68. The Kier molecular flexibility index (Phi) is 3.62. The van der Waals surface area contributed by atoms with Gasteiger partial charge in [-0.05, 0) is 38.6 Å². The van der Waals surface area contributed by atoms with Gasteiger partial charge in [-0.15, -0.1) is 0 Å². The molecule has 1 fully saturated rings. The van der Waals surface area contributed by atoms with Gasteiger partial charge >= 0.3 is 5.97 Å². The Hall–Kier alpha value is -1.29. The standard InChI is InChI=1S/C12H17NO3/c1-13-7-3-2-5-10(13)9-16-12(14)11-6-4-8-15-11/h4,6,8,10H,2-3,5,7,9H2,1H3. The molecule has 88 valence electrons. The third-order valence-corrected chi connectivity index (χ3v) is 3.05. The van der Waals surface area contributed by atoms with E-state index in [1.54, 1.807) is 12.1 Å². The second kappa shape index (κ2) is 5.16. The van der Waals surface area contributed by atoms with Gasteiger partial charge in [0.1, 0.15) is 6.61 Å². The summed E-state index contributed by atoms with van der Waals surface area (Å²) in [5.74, 6) is -0.0950. The monoisotopic (exact) mass is 223 g/mol. The smallest absolute Gasteiger partial charge is 0.374 e. The summed E-state index contributed by atoms with van der Waals surface area (Å²) in [6, 6.07) is 3.66. The number of rotatable bonds is 3. The molecule has 16 heavy (non-hydrogen) atoms. The van der Waals surface area contributed by atoms with Gasteiger partial charge in [0.25, 0.3) is 0 Å². The van der Waals surface area contributed by atoms with E-state index in [1.165, 1.54) is 19.1 Å². The molecule has 0 N–H and O–H groups in total. The van der Waals surface area contributed by atoms with Crippen molar-refractivity contribution in [3.8, 4) is 0 Å². The van der Waals surface area contributed by atoms with Crippen LogP contribution in [0.15, 0.2) is 22.8 Å². The lowest BCUT2D eigenvalue weighted by Gasteiger charge is -2.31. The van der Waals surface area contributed by atoms with Gasteiger partial charge in [-0.1, -0.05) is 6.42 Å². The van der Waals surface area contributed by atoms with Gasteiger partial charge in [-0.25, -0.2) is 4.79 Å². The summed E-state index contributed by atoms with van der Waals surface area (Å²) in [5.41, 5.74) is 0. The third-order valence-electron chi connectivity index (χ3n) is 3.05. The minimum absolute atomic E-state index is 0.276. The molecule has 0 radical (unpaired) electrons. The van der Waals surface area contributed by atoms with Crippen molar-refractivity contribution < 1.29 is 13.9 Å². The first-order chi connectivity index (χ1) is 7.77. The molecule has 2 rings (SSSR count). The van der Waals surface area contributed by atoms with Crippen molar-refractivity contribution in [2.75, 3.05) is 20.2 Å². The molecule has 4 nitrogen and oxygen atoms in total. The number of carbonyl (C=O) groups excluding carboxylic acids is 1. The predicted molar refractivity (Wildman–Crippen MR) is 59.3 cm³/mol. The molecule has 0 saturated carbocycles. The quantitative estimate of drug-likeness (QED) is 0.734. The Balaban J connectivity index is 1.80. The van der Waals surface area contributed by atoms with Crippen molar-refractivity contribution in [1.29, 1.82) is 0 Å². The predicted octanol–water partition coefficient (Wildman–Crippen LogP) is 1.92. The van der Waals surface area contributed by atoms with Gasteiger partial charge < -0.3 is 14.1 Å². The maximum absolute atomic E-state index is 11.5. The van der Waals surface area contributed by atoms with Gasteiger partial charge in [0, 0.05) is 6.04 Å². The molecule has 1 unspecified atom stereocenters. The van der Waals surface area contributed by atoms with Crippen LogP contribution in [0.4, 0.5) is 0 Å². The largest absolute Gasteiger partial charge is 0.458 e. The summed E-state index contributed by atoms with van der Waals surface area (Å²) in [7, 11) is 2.07. The van der Waals surface area contributed by atoms with Gasteiger partial charge in [0.2, 0.25) is 5.76 Å². The molecule has 4 heteroatoms. The molecule has 1 saturated heterocycles. The van der Waals surface area contributed by atoms with Crippen molar-refractivity contribution >= 4 is 5.97 Å². The molecule has 1 atom stereocenters. The number of furan rings is 1. The van der Waals surface area contributed by atoms with Crippen molar-refractivity contribution in [2.24, 2.45) is 0 Å². The Morgan fingerprint density at radius 2 is 2.50 bits per heavy atom. The lowest BCUT2D eigenvalue weighted by Crippen LogP contribution is -2.39. The molecule has 2 heterocycles. The highest BCUT2D eigenvalue weighted by atomic mass is 16.5. The normalized spacial score (nSPS) is 21.9. The van der Waals surface area contributed by atoms with Crippen molar-refractivity contribution in [2.45, 2.75) is 25.3 Å². The molecule has 0 aromatic carbocycles. The Bertz CT molecular complexity index is 334. The summed E-state index contributed by atoms with van der Waals surface area (Å²) >= 11 is 0. The first kappa shape index (κ1) is 11.2. The van der Waals surface area contributed by atoms with Crippen molar-refractivity contribution in [1.82, 2.24) is 4.90 Å². The fourth-order valence-corrected chi connectivity index (χ4v) is 1.99. The number of hydrogen-bond acceptors (Lipinski definition) is 4. The van der Waals surface area contributed by atoms with Crippen molar-refractivity contribution in [3.05, 3.63) is 24.2 Å². The zero-order valence-corrected chi connectivity index (χ0v) is 9.52. The number of carbonyl (C=O) groups is 1. The maximum atomic E-state index is 11.5. The average molecular weight is 223 g/mol. The maximum Gasteiger partial charge on any atom is 0.374 e. The summed E-state index contributed by atoms with van der Waals surface area (Å²) in [6.45, 7) is 1.54. The summed E-state index contributed by atoms with van der Waals surface area (Å²) in [5, 5.41) is 0. The van der Waals surface area contributed by atoms with Crippen LogP contribution in [-0.2, 0) is 4.74 Å². The highest BCUT2D eigenvalue weighted by Gasteiger charge is 2.21. The molecule has 1 aromatic heterocycles. The first-order valence-electron chi connectivity index (χ1n) is 5.68. The molecule has 0 amide bonds. The summed E-state index contributed by atoms with van der Waals surface area (Å²) < 4.78 is 10.2. The molecule has 0 spiro atoms. The van der Waals surface area contributed by atoms with E-state index < -0.39 is 0 Å². The molecular formula is C12H17NO3. The number of piperidine rings is 1. The lowest BCUT2D eigenvalue weighted by molar-refractivity contribution is 0.0296. The SMILES string of the molecule is CN1CCCCC1COC(=O)c1ccco1. The molecule has 1 aliphatic heterocycles. The highest BCUT2D eigenvalue weighted by Crippen LogP contribution is 2.15. The zero-order chi connectivity index (χ0) is 11.4. The van der Waals surface area contributed by atoms with Gasteiger partial charge in [0.15, 0.2) is 0 Å². The van der Waals surface area contributed by atoms with E-state index >= 15 is 0 Å².